The summed E-state index contributed by atoms with van der Waals surface area (Å²) < 4.78 is 15.4. The van der Waals surface area contributed by atoms with Crippen LogP contribution in [0.15, 0.2) is 29.4 Å². The van der Waals surface area contributed by atoms with Gasteiger partial charge in [-0.25, -0.2) is 4.39 Å². The molecule has 1 amide bonds. The molecular weight excluding hydrogens is 357 g/mol. The predicted octanol–water partition coefficient (Wildman–Crippen LogP) is 3.95. The largest absolute Gasteiger partial charge is 0.365 e. The summed E-state index contributed by atoms with van der Waals surface area (Å²) in [7, 11) is 1.76. The maximum Gasteiger partial charge on any atom is 0.254 e. The van der Waals surface area contributed by atoms with Gasteiger partial charge in [-0.1, -0.05) is 24.4 Å². The van der Waals surface area contributed by atoms with E-state index in [4.69, 9.17) is 17.3 Å². The van der Waals surface area contributed by atoms with E-state index < -0.39 is 11.7 Å². The highest BCUT2D eigenvalue weighted by Gasteiger charge is 2.27. The van der Waals surface area contributed by atoms with E-state index in [1.807, 2.05) is 6.21 Å². The maximum atomic E-state index is 13.7. The number of carbonyl (C=O) groups is 1. The molecule has 1 heterocycles. The minimum atomic E-state index is -0.593. The number of carbonyl (C=O) groups excluding carboxylic acids is 1. The molecule has 3 N–H and O–H groups in total. The van der Waals surface area contributed by atoms with E-state index in [0.717, 1.165) is 25.7 Å². The van der Waals surface area contributed by atoms with Crippen molar-refractivity contribution < 1.29 is 9.18 Å². The number of primary amides is 1. The Hall–Kier alpha value is -2.41. The van der Waals surface area contributed by atoms with Crippen LogP contribution in [0.3, 0.4) is 0 Å². The van der Waals surface area contributed by atoms with Gasteiger partial charge in [-0.05, 0) is 31.0 Å². The van der Waals surface area contributed by atoms with Gasteiger partial charge in [-0.3, -0.25) is 9.48 Å². The van der Waals surface area contributed by atoms with E-state index in [0.29, 0.717) is 11.5 Å². The maximum absolute atomic E-state index is 13.7. The monoisotopic (exact) mass is 377 g/mol. The molecule has 0 spiro atoms. The van der Waals surface area contributed by atoms with E-state index >= 15 is 0 Å². The number of rotatable bonds is 5. The second kappa shape index (κ2) is 7.86. The van der Waals surface area contributed by atoms with Crippen molar-refractivity contribution in [2.75, 3.05) is 12.4 Å². The first-order valence-corrected chi connectivity index (χ1v) is 8.90. The summed E-state index contributed by atoms with van der Waals surface area (Å²) in [6.07, 6.45) is 7.81. The number of hydrogen-bond donors (Lipinski definition) is 2. The van der Waals surface area contributed by atoms with Gasteiger partial charge in [-0.2, -0.15) is 5.10 Å². The molecule has 0 aliphatic heterocycles. The Bertz CT molecular complexity index is 835. The summed E-state index contributed by atoms with van der Waals surface area (Å²) >= 11 is 5.71. The van der Waals surface area contributed by atoms with Crippen LogP contribution in [0, 0.1) is 11.7 Å². The zero-order valence-corrected chi connectivity index (χ0v) is 15.2. The van der Waals surface area contributed by atoms with Crippen molar-refractivity contribution >= 4 is 35.2 Å². The fourth-order valence-corrected chi connectivity index (χ4v) is 3.50. The van der Waals surface area contributed by atoms with E-state index in [1.165, 1.54) is 12.1 Å². The molecule has 6 nitrogen and oxygen atoms in total. The fourth-order valence-electron chi connectivity index (χ4n) is 3.38. The van der Waals surface area contributed by atoms with E-state index in [1.54, 1.807) is 24.0 Å². The molecule has 26 heavy (non-hydrogen) atoms. The molecule has 0 unspecified atom stereocenters. The Kier molecular flexibility index (Phi) is 5.56. The molecule has 138 valence electrons. The van der Waals surface area contributed by atoms with Crippen LogP contribution in [-0.4, -0.2) is 28.9 Å². The first kappa shape index (κ1) is 18.4. The summed E-state index contributed by atoms with van der Waals surface area (Å²) in [4.78, 5) is 16.0. The predicted molar refractivity (Wildman–Crippen MR) is 101 cm³/mol. The van der Waals surface area contributed by atoms with Gasteiger partial charge in [-0.15, -0.1) is 0 Å². The quantitative estimate of drug-likeness (QED) is 0.773. The fraction of sp³-hybridized carbons (Fsp3) is 0.389. The number of aromatic nitrogens is 2. The van der Waals surface area contributed by atoms with Crippen LogP contribution < -0.4 is 11.1 Å². The number of nitrogens with one attached hydrogen (secondary N) is 1. The van der Waals surface area contributed by atoms with Crippen molar-refractivity contribution in [3.8, 4) is 0 Å². The molecule has 2 aromatic rings. The van der Waals surface area contributed by atoms with Crippen LogP contribution in [0.25, 0.3) is 0 Å². The van der Waals surface area contributed by atoms with E-state index in [9.17, 15) is 9.18 Å². The molecule has 0 saturated heterocycles. The molecular formula is C18H21ClFN5O. The molecule has 1 aliphatic carbocycles. The van der Waals surface area contributed by atoms with Crippen molar-refractivity contribution in [2.24, 2.45) is 16.6 Å². The van der Waals surface area contributed by atoms with Crippen LogP contribution in [-0.2, 0) is 0 Å². The number of benzene rings is 1. The van der Waals surface area contributed by atoms with Crippen LogP contribution >= 0.6 is 11.6 Å². The minimum absolute atomic E-state index is 0.0279. The van der Waals surface area contributed by atoms with Gasteiger partial charge in [0.2, 0.25) is 0 Å². The lowest BCUT2D eigenvalue weighted by atomic mass is 9.85. The lowest BCUT2D eigenvalue weighted by Gasteiger charge is -2.29. The van der Waals surface area contributed by atoms with Gasteiger partial charge >= 0.3 is 0 Å². The number of hydrogen-bond acceptors (Lipinski definition) is 4. The normalized spacial score (nSPS) is 20.4. The van der Waals surface area contributed by atoms with Crippen molar-refractivity contribution in [3.63, 3.8) is 0 Å². The van der Waals surface area contributed by atoms with E-state index in [-0.39, 0.29) is 22.5 Å². The average Bonchev–Trinajstić information content (AvgIpc) is 3.03. The zero-order valence-electron chi connectivity index (χ0n) is 14.5. The topological polar surface area (TPSA) is 85.3 Å². The highest BCUT2D eigenvalue weighted by Crippen LogP contribution is 2.34. The lowest BCUT2D eigenvalue weighted by molar-refractivity contribution is 0.100. The highest BCUT2D eigenvalue weighted by atomic mass is 35.5. The summed E-state index contributed by atoms with van der Waals surface area (Å²) in [5.74, 6) is -0.583. The number of nitrogens with two attached hydrogens (primary N) is 1. The molecule has 1 saturated carbocycles. The Morgan fingerprint density at radius 1 is 1.46 bits per heavy atom. The molecule has 1 aromatic carbocycles. The van der Waals surface area contributed by atoms with Crippen molar-refractivity contribution in [1.82, 2.24) is 9.78 Å². The van der Waals surface area contributed by atoms with Gasteiger partial charge in [0.1, 0.15) is 11.4 Å². The SMILES string of the molecule is C/N=C\[C@H]1CCCC[C@@H]1n1cc(C(N)=O)c(Nc2ccc(Cl)c(F)c2)n1. The zero-order chi connectivity index (χ0) is 18.7. The number of halogens is 2. The third-order valence-corrected chi connectivity index (χ3v) is 4.95. The number of aliphatic imine (C=N–C) groups is 1. The Morgan fingerprint density at radius 2 is 2.23 bits per heavy atom. The lowest BCUT2D eigenvalue weighted by Crippen LogP contribution is -2.25. The van der Waals surface area contributed by atoms with Crippen LogP contribution in [0.4, 0.5) is 15.9 Å². The van der Waals surface area contributed by atoms with Gasteiger partial charge < -0.3 is 16.0 Å². The smallest absolute Gasteiger partial charge is 0.254 e. The summed E-state index contributed by atoms with van der Waals surface area (Å²) in [6.45, 7) is 0. The van der Waals surface area contributed by atoms with Gasteiger partial charge in [0, 0.05) is 31.1 Å². The molecule has 1 aromatic heterocycles. The summed E-state index contributed by atoms with van der Waals surface area (Å²) in [5.41, 5.74) is 6.21. The molecule has 1 fully saturated rings. The minimum Gasteiger partial charge on any atom is -0.365 e. The first-order valence-electron chi connectivity index (χ1n) is 8.53. The number of nitrogens with zero attached hydrogens (tertiary/aromatic N) is 3. The van der Waals surface area contributed by atoms with Crippen LogP contribution in [0.2, 0.25) is 5.02 Å². The van der Waals surface area contributed by atoms with Crippen LogP contribution in [0.1, 0.15) is 42.1 Å². The van der Waals surface area contributed by atoms with Crippen molar-refractivity contribution in [1.29, 1.82) is 0 Å². The number of anilines is 2. The third kappa shape index (κ3) is 3.88. The Labute approximate surface area is 156 Å². The van der Waals surface area contributed by atoms with Gasteiger partial charge in [0.05, 0.1) is 11.1 Å². The number of amides is 1. The summed E-state index contributed by atoms with van der Waals surface area (Å²) in [6, 6.07) is 4.42. The standard InChI is InChI=1S/C18H21ClFN5O/c1-22-9-11-4-2-3-5-16(11)25-10-13(17(21)26)18(24-25)23-12-6-7-14(19)15(20)8-12/h6-11,16H,2-5H2,1H3,(H2,21,26)(H,23,24)/b22-9-/t11-,16+/m1/s1. The Balaban J connectivity index is 1.92. The Morgan fingerprint density at radius 3 is 2.92 bits per heavy atom. The molecule has 3 rings (SSSR count). The molecule has 1 aliphatic rings. The third-order valence-electron chi connectivity index (χ3n) is 4.64. The van der Waals surface area contributed by atoms with Crippen LogP contribution in [0.5, 0.6) is 0 Å². The molecule has 8 heteroatoms. The first-order chi connectivity index (χ1) is 12.5. The molecule has 2 atom stereocenters. The van der Waals surface area contributed by atoms with Crippen molar-refractivity contribution in [3.05, 3.63) is 40.8 Å². The average molecular weight is 378 g/mol. The van der Waals surface area contributed by atoms with Gasteiger partial charge in [0.25, 0.3) is 5.91 Å². The molecule has 0 radical (unpaired) electrons. The van der Waals surface area contributed by atoms with Gasteiger partial charge in [0.15, 0.2) is 5.82 Å². The van der Waals surface area contributed by atoms with E-state index in [2.05, 4.69) is 15.4 Å². The second-order valence-corrected chi connectivity index (χ2v) is 6.82. The molecule has 0 bridgehead atoms. The van der Waals surface area contributed by atoms with Crippen molar-refractivity contribution in [2.45, 2.75) is 31.7 Å². The highest BCUT2D eigenvalue weighted by molar-refractivity contribution is 6.30. The summed E-state index contributed by atoms with van der Waals surface area (Å²) in [5, 5.41) is 7.51. The second-order valence-electron chi connectivity index (χ2n) is 6.41.